The molecule has 2 aromatic rings. The third-order valence-electron chi connectivity index (χ3n) is 3.02. The van der Waals surface area contributed by atoms with Gasteiger partial charge in [0.25, 0.3) is 0 Å². The van der Waals surface area contributed by atoms with Crippen molar-refractivity contribution in [3.63, 3.8) is 0 Å². The van der Waals surface area contributed by atoms with E-state index >= 15 is 0 Å². The van der Waals surface area contributed by atoms with Crippen molar-refractivity contribution in [1.82, 2.24) is 0 Å². The average Bonchev–Trinajstić information content (AvgIpc) is 2.49. The molecule has 0 unspecified atom stereocenters. The number of hydrogen-bond donors (Lipinski definition) is 0. The minimum atomic E-state index is 0.807. The van der Waals surface area contributed by atoms with Crippen molar-refractivity contribution in [3.8, 4) is 0 Å². The van der Waals surface area contributed by atoms with E-state index in [1.165, 1.54) is 16.7 Å². The highest BCUT2D eigenvalue weighted by molar-refractivity contribution is 6.30. The molecule has 0 radical (unpaired) electrons. The van der Waals surface area contributed by atoms with Crippen LogP contribution in [-0.2, 0) is 19.3 Å². The molecule has 19 heavy (non-hydrogen) atoms. The standard InChI is InChI=1S/C16H17Cl.C2H6/c1-2-13-4-3-5-15(12-13)7-6-14-8-10-16(17)11-9-14;1-2/h3-5,8-12H,2,6-7H2,1H3;1-2H3. The van der Waals surface area contributed by atoms with Crippen LogP contribution >= 0.6 is 11.6 Å². The summed E-state index contributed by atoms with van der Waals surface area (Å²) in [5.74, 6) is 0. The predicted molar refractivity (Wildman–Crippen MR) is 86.0 cm³/mol. The summed E-state index contributed by atoms with van der Waals surface area (Å²) in [5.41, 5.74) is 4.18. The van der Waals surface area contributed by atoms with Gasteiger partial charge in [-0.2, -0.15) is 0 Å². The second-order valence-corrected chi connectivity index (χ2v) is 4.74. The van der Waals surface area contributed by atoms with Gasteiger partial charge in [-0.1, -0.05) is 68.8 Å². The predicted octanol–water partition coefficient (Wildman–Crippen LogP) is 5.71. The van der Waals surface area contributed by atoms with Crippen LogP contribution in [0.2, 0.25) is 5.02 Å². The van der Waals surface area contributed by atoms with Gasteiger partial charge in [-0.3, -0.25) is 0 Å². The zero-order valence-corrected chi connectivity index (χ0v) is 12.9. The Bertz CT molecular complexity index is 471. The quantitative estimate of drug-likeness (QED) is 0.669. The van der Waals surface area contributed by atoms with E-state index in [1.54, 1.807) is 0 Å². The van der Waals surface area contributed by atoms with E-state index in [1.807, 2.05) is 26.0 Å². The van der Waals surface area contributed by atoms with Gasteiger partial charge in [0.05, 0.1) is 0 Å². The van der Waals surface area contributed by atoms with Crippen molar-refractivity contribution in [3.05, 3.63) is 70.2 Å². The number of halogens is 1. The lowest BCUT2D eigenvalue weighted by molar-refractivity contribution is 0.954. The molecule has 0 aliphatic heterocycles. The Morgan fingerprint density at radius 1 is 0.789 bits per heavy atom. The van der Waals surface area contributed by atoms with E-state index in [0.29, 0.717) is 0 Å². The molecule has 0 nitrogen and oxygen atoms in total. The first-order valence-electron chi connectivity index (χ1n) is 7.10. The third-order valence-corrected chi connectivity index (χ3v) is 3.27. The Labute approximate surface area is 122 Å². The van der Waals surface area contributed by atoms with E-state index in [0.717, 1.165) is 24.3 Å². The molecule has 1 heteroatoms. The smallest absolute Gasteiger partial charge is 0.0406 e. The van der Waals surface area contributed by atoms with Crippen LogP contribution in [0.3, 0.4) is 0 Å². The van der Waals surface area contributed by atoms with E-state index in [4.69, 9.17) is 11.6 Å². The lowest BCUT2D eigenvalue weighted by atomic mass is 10.0. The summed E-state index contributed by atoms with van der Waals surface area (Å²) < 4.78 is 0. The molecular weight excluding hydrogens is 252 g/mol. The molecule has 0 bridgehead atoms. The first-order valence-corrected chi connectivity index (χ1v) is 7.48. The summed E-state index contributed by atoms with van der Waals surface area (Å²) in [7, 11) is 0. The minimum Gasteiger partial charge on any atom is -0.0843 e. The highest BCUT2D eigenvalue weighted by atomic mass is 35.5. The van der Waals surface area contributed by atoms with Crippen molar-refractivity contribution < 1.29 is 0 Å². The van der Waals surface area contributed by atoms with Crippen molar-refractivity contribution in [1.29, 1.82) is 0 Å². The molecule has 2 aromatic carbocycles. The van der Waals surface area contributed by atoms with E-state index < -0.39 is 0 Å². The van der Waals surface area contributed by atoms with Gasteiger partial charge in [0.15, 0.2) is 0 Å². The SMILES string of the molecule is CC.CCc1cccc(CCc2ccc(Cl)cc2)c1. The van der Waals surface area contributed by atoms with Gasteiger partial charge in [-0.05, 0) is 48.1 Å². The molecule has 0 atom stereocenters. The first-order chi connectivity index (χ1) is 9.28. The van der Waals surface area contributed by atoms with Gasteiger partial charge in [0, 0.05) is 5.02 Å². The van der Waals surface area contributed by atoms with Gasteiger partial charge in [0.1, 0.15) is 0 Å². The zero-order valence-electron chi connectivity index (χ0n) is 12.1. The van der Waals surface area contributed by atoms with Gasteiger partial charge < -0.3 is 0 Å². The lowest BCUT2D eigenvalue weighted by Crippen LogP contribution is -1.92. The van der Waals surface area contributed by atoms with Crippen LogP contribution < -0.4 is 0 Å². The molecule has 0 N–H and O–H groups in total. The third kappa shape index (κ3) is 5.48. The Kier molecular flexibility index (Phi) is 7.28. The molecule has 0 aliphatic rings. The van der Waals surface area contributed by atoms with E-state index in [9.17, 15) is 0 Å². The second kappa shape index (κ2) is 8.77. The van der Waals surface area contributed by atoms with Crippen LogP contribution in [-0.4, -0.2) is 0 Å². The fraction of sp³-hybridized carbons (Fsp3) is 0.333. The fourth-order valence-corrected chi connectivity index (χ4v) is 2.07. The normalized spacial score (nSPS) is 9.68. The summed E-state index contributed by atoms with van der Waals surface area (Å²) in [5, 5.41) is 0.807. The van der Waals surface area contributed by atoms with E-state index in [-0.39, 0.29) is 0 Å². The first kappa shape index (κ1) is 15.8. The molecular formula is C18H23Cl. The van der Waals surface area contributed by atoms with Crippen LogP contribution in [0.15, 0.2) is 48.5 Å². The van der Waals surface area contributed by atoms with Crippen LogP contribution in [0, 0.1) is 0 Å². The minimum absolute atomic E-state index is 0.807. The largest absolute Gasteiger partial charge is 0.0843 e. The van der Waals surface area contributed by atoms with Gasteiger partial charge in [-0.25, -0.2) is 0 Å². The summed E-state index contributed by atoms with van der Waals surface area (Å²) in [4.78, 5) is 0. The number of hydrogen-bond acceptors (Lipinski definition) is 0. The number of benzene rings is 2. The van der Waals surface area contributed by atoms with Crippen LogP contribution in [0.5, 0.6) is 0 Å². The summed E-state index contributed by atoms with van der Waals surface area (Å²) in [6, 6.07) is 17.0. The molecule has 0 fully saturated rings. The van der Waals surface area contributed by atoms with Crippen molar-refractivity contribution >= 4 is 11.6 Å². The highest BCUT2D eigenvalue weighted by Crippen LogP contribution is 2.13. The van der Waals surface area contributed by atoms with Crippen molar-refractivity contribution in [2.24, 2.45) is 0 Å². The Hall–Kier alpha value is -1.27. The van der Waals surface area contributed by atoms with Crippen LogP contribution in [0.1, 0.15) is 37.5 Å². The van der Waals surface area contributed by atoms with Crippen molar-refractivity contribution in [2.45, 2.75) is 40.0 Å². The molecule has 0 saturated carbocycles. The summed E-state index contributed by atoms with van der Waals surface area (Å²) in [6.07, 6.45) is 3.27. The zero-order chi connectivity index (χ0) is 14.1. The maximum Gasteiger partial charge on any atom is 0.0406 e. The van der Waals surface area contributed by atoms with Gasteiger partial charge in [0.2, 0.25) is 0 Å². The monoisotopic (exact) mass is 274 g/mol. The Balaban J connectivity index is 0.000000861. The highest BCUT2D eigenvalue weighted by Gasteiger charge is 1.97. The fourth-order valence-electron chi connectivity index (χ4n) is 1.94. The van der Waals surface area contributed by atoms with Crippen molar-refractivity contribution in [2.75, 3.05) is 0 Å². The van der Waals surface area contributed by atoms with Gasteiger partial charge in [-0.15, -0.1) is 0 Å². The average molecular weight is 275 g/mol. The molecule has 0 heterocycles. The maximum absolute atomic E-state index is 5.87. The Morgan fingerprint density at radius 2 is 1.37 bits per heavy atom. The molecule has 0 aromatic heterocycles. The van der Waals surface area contributed by atoms with E-state index in [2.05, 4.69) is 43.3 Å². The Morgan fingerprint density at radius 3 is 2.00 bits per heavy atom. The molecule has 0 amide bonds. The second-order valence-electron chi connectivity index (χ2n) is 4.30. The molecule has 2 rings (SSSR count). The molecule has 0 spiro atoms. The summed E-state index contributed by atoms with van der Waals surface area (Å²) in [6.45, 7) is 6.19. The maximum atomic E-state index is 5.87. The number of rotatable bonds is 4. The molecule has 102 valence electrons. The number of aryl methyl sites for hydroxylation is 3. The molecule has 0 saturated heterocycles. The molecule has 0 aliphatic carbocycles. The topological polar surface area (TPSA) is 0 Å². The van der Waals surface area contributed by atoms with Crippen LogP contribution in [0.4, 0.5) is 0 Å². The van der Waals surface area contributed by atoms with Crippen LogP contribution in [0.25, 0.3) is 0 Å². The summed E-state index contributed by atoms with van der Waals surface area (Å²) >= 11 is 5.87. The van der Waals surface area contributed by atoms with Gasteiger partial charge >= 0.3 is 0 Å². The lowest BCUT2D eigenvalue weighted by Gasteiger charge is -2.04.